The molecule has 0 amide bonds. The lowest BCUT2D eigenvalue weighted by Gasteiger charge is -2.12. The molecule has 0 saturated heterocycles. The van der Waals surface area contributed by atoms with Crippen molar-refractivity contribution in [3.8, 4) is 0 Å². The molecule has 22 heavy (non-hydrogen) atoms. The highest BCUT2D eigenvalue weighted by atomic mass is 32.1. The summed E-state index contributed by atoms with van der Waals surface area (Å²) in [6.45, 7) is 7.27. The summed E-state index contributed by atoms with van der Waals surface area (Å²) in [4.78, 5) is 24.7. The maximum atomic E-state index is 12.4. The largest absolute Gasteiger partial charge is 0.478 e. The summed E-state index contributed by atoms with van der Waals surface area (Å²) in [6.07, 6.45) is 3.35. The molecule has 2 rings (SSSR count). The van der Waals surface area contributed by atoms with Crippen LogP contribution in [0.5, 0.6) is 0 Å². The molecule has 3 nitrogen and oxygen atoms in total. The van der Waals surface area contributed by atoms with Gasteiger partial charge in [0, 0.05) is 10.4 Å². The Morgan fingerprint density at radius 2 is 1.77 bits per heavy atom. The van der Waals surface area contributed by atoms with E-state index in [-0.39, 0.29) is 11.3 Å². The van der Waals surface area contributed by atoms with Crippen LogP contribution in [0.4, 0.5) is 0 Å². The Kier molecular flexibility index (Phi) is 4.62. The van der Waals surface area contributed by atoms with Crippen LogP contribution in [0.2, 0.25) is 0 Å². The van der Waals surface area contributed by atoms with E-state index in [1.54, 1.807) is 50.3 Å². The van der Waals surface area contributed by atoms with Crippen molar-refractivity contribution in [2.75, 3.05) is 0 Å². The van der Waals surface area contributed by atoms with Crippen molar-refractivity contribution in [3.05, 3.63) is 61.8 Å². The van der Waals surface area contributed by atoms with Crippen LogP contribution < -0.4 is 0 Å². The maximum Gasteiger partial charge on any atom is 0.336 e. The molecule has 1 aromatic heterocycles. The minimum atomic E-state index is -0.957. The molecular weight excluding hydrogens is 296 g/mol. The Hall–Kier alpha value is -2.20. The zero-order chi connectivity index (χ0) is 16.4. The number of carboxylic acids is 1. The van der Waals surface area contributed by atoms with Gasteiger partial charge in [0.1, 0.15) is 0 Å². The van der Waals surface area contributed by atoms with Gasteiger partial charge in [0.05, 0.1) is 5.56 Å². The summed E-state index contributed by atoms with van der Waals surface area (Å²) in [5, 5.41) is 11.3. The Morgan fingerprint density at radius 3 is 2.32 bits per heavy atom. The number of thiophene rings is 1. The normalized spacial score (nSPS) is 11.1. The Morgan fingerprint density at radius 1 is 1.09 bits per heavy atom. The minimum Gasteiger partial charge on any atom is -0.478 e. The third kappa shape index (κ3) is 3.17. The molecule has 0 aliphatic rings. The van der Waals surface area contributed by atoms with E-state index in [0.717, 1.165) is 10.4 Å². The Balaban J connectivity index is 2.38. The van der Waals surface area contributed by atoms with Gasteiger partial charge in [-0.15, -0.1) is 11.3 Å². The first kappa shape index (κ1) is 16.2. The molecule has 1 N–H and O–H groups in total. The summed E-state index contributed by atoms with van der Waals surface area (Å²) < 4.78 is 0. The van der Waals surface area contributed by atoms with Crippen LogP contribution in [-0.4, -0.2) is 16.9 Å². The van der Waals surface area contributed by atoms with E-state index in [0.29, 0.717) is 16.7 Å². The fourth-order valence-corrected chi connectivity index (χ4v) is 3.25. The number of ketones is 1. The topological polar surface area (TPSA) is 54.4 Å². The summed E-state index contributed by atoms with van der Waals surface area (Å²) in [6, 6.07) is 3.68. The lowest BCUT2D eigenvalue weighted by molar-refractivity contribution is 0.0694. The molecule has 4 heteroatoms. The maximum absolute atomic E-state index is 12.4. The first-order valence-electron chi connectivity index (χ1n) is 6.93. The second kappa shape index (κ2) is 6.28. The molecule has 0 unspecified atom stereocenters. The van der Waals surface area contributed by atoms with Crippen LogP contribution in [0.25, 0.3) is 6.08 Å². The van der Waals surface area contributed by atoms with E-state index < -0.39 is 5.97 Å². The number of benzene rings is 1. The molecule has 2 aromatic rings. The predicted molar refractivity (Wildman–Crippen MR) is 90.0 cm³/mol. The number of carboxylic acid groups (broad SMARTS) is 1. The standard InChI is InChI=1S/C18H18O3S/c1-10-7-14(22-9-10)5-6-16(19)15-8-11(2)17(18(20)21)13(4)12(15)3/h5-9H,1-4H3,(H,20,21). The fourth-order valence-electron chi connectivity index (χ4n) is 2.46. The van der Waals surface area contributed by atoms with Gasteiger partial charge >= 0.3 is 5.97 Å². The third-order valence-electron chi connectivity index (χ3n) is 3.73. The van der Waals surface area contributed by atoms with E-state index in [9.17, 15) is 14.7 Å². The van der Waals surface area contributed by atoms with Crippen LogP contribution in [0.1, 0.15) is 47.8 Å². The second-order valence-electron chi connectivity index (χ2n) is 5.40. The van der Waals surface area contributed by atoms with Crippen molar-refractivity contribution in [1.82, 2.24) is 0 Å². The number of carbonyl (C=O) groups excluding carboxylic acids is 1. The molecular formula is C18H18O3S. The molecule has 1 aromatic carbocycles. The van der Waals surface area contributed by atoms with E-state index in [1.165, 1.54) is 5.56 Å². The zero-order valence-electron chi connectivity index (χ0n) is 13.1. The molecule has 0 atom stereocenters. The SMILES string of the molecule is Cc1csc(C=CC(=O)c2cc(C)c(C(=O)O)c(C)c2C)c1. The number of hydrogen-bond acceptors (Lipinski definition) is 3. The van der Waals surface area contributed by atoms with Gasteiger partial charge in [-0.1, -0.05) is 0 Å². The van der Waals surface area contributed by atoms with Crippen molar-refractivity contribution >= 4 is 29.2 Å². The lowest BCUT2D eigenvalue weighted by Crippen LogP contribution is -2.09. The average molecular weight is 314 g/mol. The average Bonchev–Trinajstić information content (AvgIpc) is 2.85. The smallest absolute Gasteiger partial charge is 0.336 e. The van der Waals surface area contributed by atoms with E-state index in [4.69, 9.17) is 0 Å². The molecule has 0 bridgehead atoms. The highest BCUT2D eigenvalue weighted by Crippen LogP contribution is 2.23. The molecule has 0 saturated carbocycles. The number of carbonyl (C=O) groups is 2. The molecule has 0 aliphatic heterocycles. The fraction of sp³-hybridized carbons (Fsp3) is 0.222. The molecule has 1 heterocycles. The van der Waals surface area contributed by atoms with Gasteiger partial charge in [-0.2, -0.15) is 0 Å². The first-order valence-corrected chi connectivity index (χ1v) is 7.81. The van der Waals surface area contributed by atoms with Crippen molar-refractivity contribution < 1.29 is 14.7 Å². The van der Waals surface area contributed by atoms with Crippen molar-refractivity contribution in [2.24, 2.45) is 0 Å². The second-order valence-corrected chi connectivity index (χ2v) is 6.34. The number of allylic oxidation sites excluding steroid dienone is 1. The summed E-state index contributed by atoms with van der Waals surface area (Å²) in [5.41, 5.74) is 4.00. The number of rotatable bonds is 4. The van der Waals surface area contributed by atoms with E-state index in [1.807, 2.05) is 18.4 Å². The molecule has 0 spiro atoms. The summed E-state index contributed by atoms with van der Waals surface area (Å²) >= 11 is 1.59. The zero-order valence-corrected chi connectivity index (χ0v) is 13.9. The number of aromatic carboxylic acids is 1. The molecule has 0 fully saturated rings. The summed E-state index contributed by atoms with van der Waals surface area (Å²) in [5.74, 6) is -1.06. The van der Waals surface area contributed by atoms with Crippen molar-refractivity contribution in [3.63, 3.8) is 0 Å². The van der Waals surface area contributed by atoms with Gasteiger partial charge in [0.15, 0.2) is 5.78 Å². The first-order chi connectivity index (χ1) is 10.3. The molecule has 0 aliphatic carbocycles. The van der Waals surface area contributed by atoms with Crippen molar-refractivity contribution in [2.45, 2.75) is 27.7 Å². The van der Waals surface area contributed by atoms with Gasteiger partial charge < -0.3 is 5.11 Å². The van der Waals surface area contributed by atoms with Crippen LogP contribution >= 0.6 is 11.3 Å². The van der Waals surface area contributed by atoms with Crippen LogP contribution in [0.3, 0.4) is 0 Å². The highest BCUT2D eigenvalue weighted by molar-refractivity contribution is 7.11. The van der Waals surface area contributed by atoms with Gasteiger partial charge in [-0.25, -0.2) is 4.79 Å². The monoisotopic (exact) mass is 314 g/mol. The van der Waals surface area contributed by atoms with Crippen LogP contribution in [0.15, 0.2) is 23.6 Å². The van der Waals surface area contributed by atoms with E-state index in [2.05, 4.69) is 0 Å². The number of aryl methyl sites for hydroxylation is 2. The third-order valence-corrected chi connectivity index (χ3v) is 4.74. The quantitative estimate of drug-likeness (QED) is 0.664. The minimum absolute atomic E-state index is 0.105. The van der Waals surface area contributed by atoms with Gasteiger partial charge in [0.25, 0.3) is 0 Å². The van der Waals surface area contributed by atoms with Gasteiger partial charge in [-0.3, -0.25) is 4.79 Å². The molecule has 114 valence electrons. The number of hydrogen-bond donors (Lipinski definition) is 1. The molecule has 0 radical (unpaired) electrons. The Labute approximate surface area is 133 Å². The van der Waals surface area contributed by atoms with Crippen molar-refractivity contribution in [1.29, 1.82) is 0 Å². The van der Waals surface area contributed by atoms with E-state index >= 15 is 0 Å². The van der Waals surface area contributed by atoms with Crippen LogP contribution in [0, 0.1) is 27.7 Å². The predicted octanol–water partition coefficient (Wildman–Crippen LogP) is 4.58. The Bertz CT molecular complexity index is 782. The summed E-state index contributed by atoms with van der Waals surface area (Å²) in [7, 11) is 0. The van der Waals surface area contributed by atoms with Crippen LogP contribution in [-0.2, 0) is 0 Å². The van der Waals surface area contributed by atoms with Gasteiger partial charge in [0.2, 0.25) is 0 Å². The lowest BCUT2D eigenvalue weighted by atomic mass is 9.91. The highest BCUT2D eigenvalue weighted by Gasteiger charge is 2.17. The van der Waals surface area contributed by atoms with Gasteiger partial charge in [-0.05, 0) is 79.6 Å².